The monoisotopic (exact) mass is 376 g/mol. The zero-order valence-corrected chi connectivity index (χ0v) is 16.2. The molecule has 4 aliphatic carbocycles. The minimum Gasteiger partial charge on any atom is -0.389 e. The van der Waals surface area contributed by atoms with Gasteiger partial charge in [-0.3, -0.25) is 13.8 Å². The largest absolute Gasteiger partial charge is 0.389 e. The molecule has 8 atom stereocenters. The standard InChI is InChI=1S/C21H28O4S/c1-20-6-5-15-13(14(20)2-3-16(20)18(24)10-22)9-19-17-8-12(23)4-7-21(15,17)11-26(19)25/h8,13-16,19,22H,2-7,9-11H2,1H3/t13-,14-,15-,16+,19+,20-,21-,26?/m0/s1. The molecule has 1 N–H and O–H groups in total. The first-order valence-corrected chi connectivity index (χ1v) is 11.5. The van der Waals surface area contributed by atoms with Gasteiger partial charge in [-0.15, -0.1) is 0 Å². The highest BCUT2D eigenvalue weighted by Gasteiger charge is 2.66. The molecule has 5 rings (SSSR count). The minimum absolute atomic E-state index is 0.00718. The van der Waals surface area contributed by atoms with Gasteiger partial charge in [0.1, 0.15) is 6.61 Å². The van der Waals surface area contributed by atoms with Crippen LogP contribution in [0.25, 0.3) is 0 Å². The lowest BCUT2D eigenvalue weighted by Crippen LogP contribution is -2.53. The maximum Gasteiger partial charge on any atom is 0.161 e. The van der Waals surface area contributed by atoms with Crippen molar-refractivity contribution in [2.24, 2.45) is 34.5 Å². The third kappa shape index (κ3) is 2.02. The lowest BCUT2D eigenvalue weighted by Gasteiger charge is -2.57. The second kappa shape index (κ2) is 5.60. The number of hydrogen-bond acceptors (Lipinski definition) is 4. The van der Waals surface area contributed by atoms with Crippen molar-refractivity contribution >= 4 is 22.4 Å². The fourth-order valence-electron chi connectivity index (χ4n) is 7.87. The summed E-state index contributed by atoms with van der Waals surface area (Å²) in [7, 11) is -0.857. The molecule has 0 aromatic carbocycles. The highest BCUT2D eigenvalue weighted by atomic mass is 32.2. The van der Waals surface area contributed by atoms with Crippen molar-refractivity contribution in [1.29, 1.82) is 0 Å². The van der Waals surface area contributed by atoms with E-state index in [0.29, 0.717) is 24.2 Å². The van der Waals surface area contributed by atoms with E-state index in [1.54, 1.807) is 0 Å². The number of Topliss-reactive ketones (excluding diaryl/α,β-unsaturated/α-hetero) is 1. The van der Waals surface area contributed by atoms with E-state index in [0.717, 1.165) is 44.3 Å². The van der Waals surface area contributed by atoms with Crippen LogP contribution in [-0.2, 0) is 20.4 Å². The fourth-order valence-corrected chi connectivity index (χ4v) is 10.1. The van der Waals surface area contributed by atoms with Crippen molar-refractivity contribution < 1.29 is 18.9 Å². The van der Waals surface area contributed by atoms with E-state index in [2.05, 4.69) is 6.92 Å². The number of carbonyl (C=O) groups excluding carboxylic acids is 2. The normalized spacial score (nSPS) is 52.1. The van der Waals surface area contributed by atoms with E-state index in [4.69, 9.17) is 0 Å². The van der Waals surface area contributed by atoms with Crippen molar-refractivity contribution in [2.75, 3.05) is 12.4 Å². The first-order valence-electron chi connectivity index (χ1n) is 10.2. The molecular weight excluding hydrogens is 348 g/mol. The predicted octanol–water partition coefficient (Wildman–Crippen LogP) is 2.42. The van der Waals surface area contributed by atoms with E-state index >= 15 is 0 Å². The molecule has 1 heterocycles. The van der Waals surface area contributed by atoms with Gasteiger partial charge >= 0.3 is 0 Å². The van der Waals surface area contributed by atoms with Gasteiger partial charge in [0.2, 0.25) is 0 Å². The topological polar surface area (TPSA) is 71.4 Å². The quantitative estimate of drug-likeness (QED) is 0.803. The summed E-state index contributed by atoms with van der Waals surface area (Å²) in [5.41, 5.74) is 1.20. The van der Waals surface area contributed by atoms with Gasteiger partial charge in [0.05, 0.1) is 5.25 Å². The first kappa shape index (κ1) is 17.3. The van der Waals surface area contributed by atoms with Crippen molar-refractivity contribution in [3.05, 3.63) is 11.6 Å². The summed E-state index contributed by atoms with van der Waals surface area (Å²) in [6, 6.07) is 0. The van der Waals surface area contributed by atoms with Gasteiger partial charge in [0.15, 0.2) is 11.6 Å². The summed E-state index contributed by atoms with van der Waals surface area (Å²) >= 11 is 0. The number of carbonyl (C=O) groups is 2. The molecule has 4 fully saturated rings. The Bertz CT molecular complexity index is 742. The summed E-state index contributed by atoms with van der Waals surface area (Å²) in [5.74, 6) is 2.50. The van der Waals surface area contributed by atoms with Crippen LogP contribution < -0.4 is 0 Å². The Morgan fingerprint density at radius 3 is 2.85 bits per heavy atom. The molecule has 1 saturated heterocycles. The molecule has 1 unspecified atom stereocenters. The van der Waals surface area contributed by atoms with Gasteiger partial charge in [-0.1, -0.05) is 6.92 Å². The van der Waals surface area contributed by atoms with Crippen LogP contribution >= 0.6 is 0 Å². The fraction of sp³-hybridized carbons (Fsp3) is 0.810. The SMILES string of the molecule is C[C@]12CC[C@H]3[C@@H](C[C@@H]4C5=CC(=O)CC[C@@]53CS4=O)[C@@H]1CC[C@@H]2C(=O)CO. The number of aliphatic hydroxyl groups excluding tert-OH is 1. The molecule has 3 saturated carbocycles. The van der Waals surface area contributed by atoms with Crippen molar-refractivity contribution in [3.63, 3.8) is 0 Å². The van der Waals surface area contributed by atoms with Gasteiger partial charge in [-0.25, -0.2) is 0 Å². The number of rotatable bonds is 2. The van der Waals surface area contributed by atoms with Crippen LogP contribution in [0.1, 0.15) is 51.9 Å². The maximum absolute atomic E-state index is 12.9. The van der Waals surface area contributed by atoms with Gasteiger partial charge in [0.25, 0.3) is 0 Å². The van der Waals surface area contributed by atoms with Crippen LogP contribution in [0.15, 0.2) is 11.6 Å². The van der Waals surface area contributed by atoms with Crippen molar-refractivity contribution in [3.8, 4) is 0 Å². The smallest absolute Gasteiger partial charge is 0.161 e. The molecule has 0 spiro atoms. The second-order valence-corrected chi connectivity index (χ2v) is 11.3. The first-order chi connectivity index (χ1) is 12.4. The number of fused-ring (bicyclic) bond motifs is 3. The summed E-state index contributed by atoms with van der Waals surface area (Å²) in [5, 5.41) is 9.48. The lowest BCUT2D eigenvalue weighted by molar-refractivity contribution is -0.132. The van der Waals surface area contributed by atoms with E-state index in [9.17, 15) is 18.9 Å². The van der Waals surface area contributed by atoms with Crippen LogP contribution in [0, 0.1) is 34.5 Å². The molecular formula is C21H28O4S. The zero-order valence-electron chi connectivity index (χ0n) is 15.4. The van der Waals surface area contributed by atoms with E-state index < -0.39 is 10.8 Å². The molecule has 1 aliphatic heterocycles. The van der Waals surface area contributed by atoms with Crippen LogP contribution in [0.3, 0.4) is 0 Å². The van der Waals surface area contributed by atoms with E-state index in [1.165, 1.54) is 5.57 Å². The van der Waals surface area contributed by atoms with Crippen molar-refractivity contribution in [2.45, 2.75) is 57.1 Å². The molecule has 5 heteroatoms. The molecule has 0 radical (unpaired) electrons. The molecule has 5 aliphatic rings. The number of hydrogen-bond donors (Lipinski definition) is 1. The summed E-state index contributed by atoms with van der Waals surface area (Å²) in [6.45, 7) is 1.93. The summed E-state index contributed by atoms with van der Waals surface area (Å²) in [6.07, 6.45) is 8.31. The Balaban J connectivity index is 1.54. The minimum atomic E-state index is -0.857. The van der Waals surface area contributed by atoms with Crippen LogP contribution in [-0.4, -0.2) is 38.5 Å². The molecule has 0 aromatic heterocycles. The average Bonchev–Trinajstić information content (AvgIpc) is 3.06. The zero-order chi connectivity index (χ0) is 18.3. The third-order valence-electron chi connectivity index (χ3n) is 8.95. The van der Waals surface area contributed by atoms with Crippen molar-refractivity contribution in [1.82, 2.24) is 0 Å². The Morgan fingerprint density at radius 2 is 2.08 bits per heavy atom. The molecule has 0 amide bonds. The van der Waals surface area contributed by atoms with Crippen LogP contribution in [0.4, 0.5) is 0 Å². The summed E-state index contributed by atoms with van der Waals surface area (Å²) < 4.78 is 12.9. The highest BCUT2D eigenvalue weighted by Crippen LogP contribution is 2.69. The Labute approximate surface area is 157 Å². The van der Waals surface area contributed by atoms with E-state index in [1.807, 2.05) is 6.08 Å². The van der Waals surface area contributed by atoms with Gasteiger partial charge in [-0.05, 0) is 73.3 Å². The lowest BCUT2D eigenvalue weighted by atomic mass is 9.46. The van der Waals surface area contributed by atoms with Crippen LogP contribution in [0.2, 0.25) is 0 Å². The van der Waals surface area contributed by atoms with Gasteiger partial charge < -0.3 is 5.11 Å². The summed E-state index contributed by atoms with van der Waals surface area (Å²) in [4.78, 5) is 24.4. The predicted molar refractivity (Wildman–Crippen MR) is 98.8 cm³/mol. The van der Waals surface area contributed by atoms with E-state index in [-0.39, 0.29) is 40.2 Å². The van der Waals surface area contributed by atoms with Gasteiger partial charge in [0, 0.05) is 34.3 Å². The number of aliphatic hydroxyl groups is 1. The van der Waals surface area contributed by atoms with Crippen LogP contribution in [0.5, 0.6) is 0 Å². The maximum atomic E-state index is 12.9. The Morgan fingerprint density at radius 1 is 1.27 bits per heavy atom. The Kier molecular flexibility index (Phi) is 3.73. The number of ketones is 2. The Hall–Kier alpha value is -0.810. The molecule has 26 heavy (non-hydrogen) atoms. The molecule has 4 nitrogen and oxygen atoms in total. The average molecular weight is 377 g/mol. The molecule has 0 aromatic rings. The van der Waals surface area contributed by atoms with Gasteiger partial charge in [-0.2, -0.15) is 0 Å². The molecule has 2 bridgehead atoms. The third-order valence-corrected chi connectivity index (χ3v) is 10.8. The molecule has 142 valence electrons. The highest BCUT2D eigenvalue weighted by molar-refractivity contribution is 7.86. The second-order valence-electron chi connectivity index (χ2n) is 9.65.